The van der Waals surface area contributed by atoms with Crippen LogP contribution in [0.5, 0.6) is 0 Å². The topological polar surface area (TPSA) is 58.4 Å². The van der Waals surface area contributed by atoms with Gasteiger partial charge in [-0.2, -0.15) is 0 Å². The monoisotopic (exact) mass is 279 g/mol. The van der Waals surface area contributed by atoms with E-state index in [0.717, 1.165) is 37.9 Å². The molecule has 1 aromatic rings. The minimum Gasteiger partial charge on any atom is -0.310 e. The van der Waals surface area contributed by atoms with Gasteiger partial charge in [0.15, 0.2) is 0 Å². The molecule has 0 aromatic heterocycles. The summed E-state index contributed by atoms with van der Waals surface area (Å²) in [6.07, 6.45) is 3.11. The van der Waals surface area contributed by atoms with Gasteiger partial charge in [0.1, 0.15) is 0 Å². The fourth-order valence-electron chi connectivity index (χ4n) is 2.20. The van der Waals surface area contributed by atoms with Crippen molar-refractivity contribution in [3.63, 3.8) is 0 Å². The number of nitrogens with zero attached hydrogens (tertiary/aromatic N) is 2. The summed E-state index contributed by atoms with van der Waals surface area (Å²) in [5.74, 6) is 0. The minimum atomic E-state index is -0.335. The minimum absolute atomic E-state index is 0.165. The molecular formula is C15H25N3O2. The van der Waals surface area contributed by atoms with E-state index in [1.807, 2.05) is 6.07 Å². The zero-order valence-corrected chi connectivity index (χ0v) is 12.6. The Kier molecular flexibility index (Phi) is 7.18. The van der Waals surface area contributed by atoms with E-state index in [-0.39, 0.29) is 16.7 Å². The molecule has 1 N–H and O–H groups in total. The maximum atomic E-state index is 10.8. The van der Waals surface area contributed by atoms with Crippen LogP contribution in [-0.4, -0.2) is 37.0 Å². The van der Waals surface area contributed by atoms with Crippen molar-refractivity contribution in [1.82, 2.24) is 10.2 Å². The van der Waals surface area contributed by atoms with Crippen molar-refractivity contribution in [2.24, 2.45) is 0 Å². The third-order valence-corrected chi connectivity index (χ3v) is 3.23. The van der Waals surface area contributed by atoms with Crippen LogP contribution >= 0.6 is 0 Å². The molecule has 0 amide bonds. The van der Waals surface area contributed by atoms with Gasteiger partial charge in [0.2, 0.25) is 0 Å². The quantitative estimate of drug-likeness (QED) is 0.429. The van der Waals surface area contributed by atoms with Crippen molar-refractivity contribution < 1.29 is 4.92 Å². The number of hydrogen-bond donors (Lipinski definition) is 1. The Morgan fingerprint density at radius 1 is 1.40 bits per heavy atom. The third kappa shape index (κ3) is 5.67. The molecule has 0 radical (unpaired) electrons. The lowest BCUT2D eigenvalue weighted by Crippen LogP contribution is -2.25. The molecule has 1 unspecified atom stereocenters. The van der Waals surface area contributed by atoms with Gasteiger partial charge in [-0.25, -0.2) is 0 Å². The number of benzene rings is 1. The molecule has 0 heterocycles. The fraction of sp³-hybridized carbons (Fsp3) is 0.600. The normalized spacial score (nSPS) is 12.6. The molecule has 0 fully saturated rings. The Morgan fingerprint density at radius 3 is 2.75 bits per heavy atom. The summed E-state index contributed by atoms with van der Waals surface area (Å²) in [6, 6.07) is 7.14. The average molecular weight is 279 g/mol. The highest BCUT2D eigenvalue weighted by Crippen LogP contribution is 2.22. The first-order valence-corrected chi connectivity index (χ1v) is 7.17. The van der Waals surface area contributed by atoms with E-state index in [0.29, 0.717) is 0 Å². The predicted molar refractivity (Wildman–Crippen MR) is 81.9 cm³/mol. The molecule has 0 spiro atoms. The molecule has 20 heavy (non-hydrogen) atoms. The zero-order chi connectivity index (χ0) is 15.0. The van der Waals surface area contributed by atoms with Crippen LogP contribution in [0.15, 0.2) is 24.3 Å². The summed E-state index contributed by atoms with van der Waals surface area (Å²) in [5.41, 5.74) is 1.17. The molecular weight excluding hydrogens is 254 g/mol. The Balaban J connectivity index is 2.65. The number of rotatable bonds is 9. The van der Waals surface area contributed by atoms with Crippen molar-refractivity contribution in [2.45, 2.75) is 32.2 Å². The number of nitro groups is 1. The summed E-state index contributed by atoms with van der Waals surface area (Å²) in [7, 11) is 4.12. The highest BCUT2D eigenvalue weighted by molar-refractivity contribution is 5.35. The van der Waals surface area contributed by atoms with E-state index in [9.17, 15) is 10.1 Å². The first-order valence-electron chi connectivity index (χ1n) is 7.17. The molecule has 0 bridgehead atoms. The van der Waals surface area contributed by atoms with Crippen molar-refractivity contribution in [3.8, 4) is 0 Å². The van der Waals surface area contributed by atoms with Gasteiger partial charge >= 0.3 is 0 Å². The average Bonchev–Trinajstić information content (AvgIpc) is 2.42. The highest BCUT2D eigenvalue weighted by atomic mass is 16.6. The van der Waals surface area contributed by atoms with Crippen LogP contribution in [0.3, 0.4) is 0 Å². The Hall–Kier alpha value is -1.46. The van der Waals surface area contributed by atoms with Crippen molar-refractivity contribution in [2.75, 3.05) is 27.2 Å². The van der Waals surface area contributed by atoms with Crippen LogP contribution in [-0.2, 0) is 0 Å². The van der Waals surface area contributed by atoms with Gasteiger partial charge in [0.25, 0.3) is 5.69 Å². The van der Waals surface area contributed by atoms with Crippen molar-refractivity contribution >= 4 is 5.69 Å². The van der Waals surface area contributed by atoms with Crippen molar-refractivity contribution in [3.05, 3.63) is 39.9 Å². The second-order valence-electron chi connectivity index (χ2n) is 5.30. The van der Waals surface area contributed by atoms with Gasteiger partial charge in [0, 0.05) is 18.2 Å². The van der Waals surface area contributed by atoms with Crippen LogP contribution in [0.25, 0.3) is 0 Å². The highest BCUT2D eigenvalue weighted by Gasteiger charge is 2.13. The van der Waals surface area contributed by atoms with Crippen LogP contribution in [0.2, 0.25) is 0 Å². The Morgan fingerprint density at radius 2 is 2.15 bits per heavy atom. The molecule has 1 aromatic carbocycles. The number of nitrogens with one attached hydrogen (secondary N) is 1. The van der Waals surface area contributed by atoms with Crippen LogP contribution < -0.4 is 5.32 Å². The van der Waals surface area contributed by atoms with E-state index in [1.165, 1.54) is 0 Å². The van der Waals surface area contributed by atoms with E-state index in [2.05, 4.69) is 31.2 Å². The van der Waals surface area contributed by atoms with Gasteiger partial charge < -0.3 is 10.2 Å². The molecule has 0 saturated heterocycles. The largest absolute Gasteiger partial charge is 0.310 e. The van der Waals surface area contributed by atoms with Crippen LogP contribution in [0, 0.1) is 10.1 Å². The number of nitro benzene ring substituents is 1. The number of hydrogen-bond acceptors (Lipinski definition) is 4. The van der Waals surface area contributed by atoms with Gasteiger partial charge in [-0.1, -0.05) is 25.5 Å². The lowest BCUT2D eigenvalue weighted by atomic mass is 10.0. The second-order valence-corrected chi connectivity index (χ2v) is 5.30. The van der Waals surface area contributed by atoms with E-state index >= 15 is 0 Å². The lowest BCUT2D eigenvalue weighted by Gasteiger charge is -2.19. The molecule has 1 atom stereocenters. The van der Waals surface area contributed by atoms with E-state index < -0.39 is 0 Å². The smallest absolute Gasteiger partial charge is 0.269 e. The summed E-state index contributed by atoms with van der Waals surface area (Å²) in [6.45, 7) is 4.10. The van der Waals surface area contributed by atoms with Crippen LogP contribution in [0.4, 0.5) is 5.69 Å². The number of non-ortho nitro benzene ring substituents is 1. The van der Waals surface area contributed by atoms with Gasteiger partial charge in [-0.15, -0.1) is 0 Å². The maximum absolute atomic E-state index is 10.8. The standard InChI is InChI=1S/C15H25N3O2/c1-4-7-15(16-10-6-11-17(2)3)13-8-5-9-14(12-13)18(19)20/h5,8-9,12,15-16H,4,6-7,10-11H2,1-3H3. The molecule has 0 aliphatic rings. The summed E-state index contributed by atoms with van der Waals surface area (Å²) in [4.78, 5) is 12.7. The summed E-state index contributed by atoms with van der Waals surface area (Å²) >= 11 is 0. The molecule has 0 saturated carbocycles. The van der Waals surface area contributed by atoms with Crippen molar-refractivity contribution in [1.29, 1.82) is 0 Å². The summed E-state index contributed by atoms with van der Waals surface area (Å²) in [5, 5.41) is 14.4. The fourth-order valence-corrected chi connectivity index (χ4v) is 2.20. The third-order valence-electron chi connectivity index (χ3n) is 3.23. The van der Waals surface area contributed by atoms with E-state index in [4.69, 9.17) is 0 Å². The Bertz CT molecular complexity index is 421. The first kappa shape index (κ1) is 16.6. The predicted octanol–water partition coefficient (Wildman–Crippen LogP) is 2.98. The molecule has 1 rings (SSSR count). The lowest BCUT2D eigenvalue weighted by molar-refractivity contribution is -0.384. The second kappa shape index (κ2) is 8.66. The zero-order valence-electron chi connectivity index (χ0n) is 12.6. The first-order chi connectivity index (χ1) is 9.54. The van der Waals surface area contributed by atoms with Gasteiger partial charge in [-0.3, -0.25) is 10.1 Å². The molecule has 112 valence electrons. The molecule has 0 aliphatic carbocycles. The molecule has 0 aliphatic heterocycles. The van der Waals surface area contributed by atoms with Gasteiger partial charge in [-0.05, 0) is 45.6 Å². The van der Waals surface area contributed by atoms with E-state index in [1.54, 1.807) is 18.2 Å². The Labute approximate surface area is 121 Å². The SMILES string of the molecule is CCCC(NCCCN(C)C)c1cccc([N+](=O)[O-])c1. The molecule has 5 nitrogen and oxygen atoms in total. The van der Waals surface area contributed by atoms with Gasteiger partial charge in [0.05, 0.1) is 4.92 Å². The summed E-state index contributed by atoms with van der Waals surface area (Å²) < 4.78 is 0. The van der Waals surface area contributed by atoms with Crippen LogP contribution in [0.1, 0.15) is 37.8 Å². The maximum Gasteiger partial charge on any atom is 0.269 e. The molecule has 5 heteroatoms.